The molecule has 0 aliphatic heterocycles. The molecule has 0 fully saturated rings. The first-order valence-corrected chi connectivity index (χ1v) is 7.91. The van der Waals surface area contributed by atoms with Crippen molar-refractivity contribution in [3.63, 3.8) is 0 Å². The second-order valence-corrected chi connectivity index (χ2v) is 5.48. The minimum Gasteiger partial charge on any atom is -0.495 e. The lowest BCUT2D eigenvalue weighted by Gasteiger charge is -2.14. The molecule has 0 unspecified atom stereocenters. The summed E-state index contributed by atoms with van der Waals surface area (Å²) in [5, 5.41) is 6.82. The van der Waals surface area contributed by atoms with Gasteiger partial charge in [0, 0.05) is 24.0 Å². The molecule has 2 N–H and O–H groups in total. The van der Waals surface area contributed by atoms with E-state index in [-0.39, 0.29) is 0 Å². The number of benzene rings is 2. The molecule has 1 heterocycles. The number of para-hydroxylation sites is 1. The van der Waals surface area contributed by atoms with E-state index in [0.717, 1.165) is 5.69 Å². The third kappa shape index (κ3) is 4.10. The molecular weight excluding hydrogens is 340 g/mol. The normalized spacial score (nSPS) is 10.2. The number of rotatable bonds is 6. The summed E-state index contributed by atoms with van der Waals surface area (Å²) in [6.45, 7) is 0. The van der Waals surface area contributed by atoms with Crippen molar-refractivity contribution in [3.05, 3.63) is 59.8 Å². The smallest absolute Gasteiger partial charge is 0.229 e. The minimum absolute atomic E-state index is 0.471. The van der Waals surface area contributed by atoms with Crippen molar-refractivity contribution in [2.75, 3.05) is 24.9 Å². The molecule has 0 saturated heterocycles. The summed E-state index contributed by atoms with van der Waals surface area (Å²) in [5.41, 5.74) is 1.60. The van der Waals surface area contributed by atoms with Gasteiger partial charge in [0.1, 0.15) is 17.3 Å². The van der Waals surface area contributed by atoms with E-state index in [4.69, 9.17) is 21.1 Å². The second kappa shape index (κ2) is 7.72. The van der Waals surface area contributed by atoms with Crippen molar-refractivity contribution in [1.29, 1.82) is 0 Å². The van der Waals surface area contributed by atoms with E-state index in [9.17, 15) is 0 Å². The first-order valence-electron chi connectivity index (χ1n) is 7.53. The van der Waals surface area contributed by atoms with E-state index in [2.05, 4.69) is 20.6 Å². The minimum atomic E-state index is 0.471. The van der Waals surface area contributed by atoms with Crippen molar-refractivity contribution >= 4 is 34.7 Å². The van der Waals surface area contributed by atoms with Gasteiger partial charge in [0.2, 0.25) is 5.95 Å². The SMILES string of the molecule is COc1cc(Nc2ccnc(Nc3ccccc3)n2)c(OC)cc1Cl. The van der Waals surface area contributed by atoms with Gasteiger partial charge in [0.05, 0.1) is 24.9 Å². The Balaban J connectivity index is 1.85. The maximum absolute atomic E-state index is 6.13. The molecule has 0 saturated carbocycles. The van der Waals surface area contributed by atoms with Crippen molar-refractivity contribution in [2.45, 2.75) is 0 Å². The van der Waals surface area contributed by atoms with Crippen molar-refractivity contribution in [2.24, 2.45) is 0 Å². The Morgan fingerprint density at radius 2 is 1.68 bits per heavy atom. The van der Waals surface area contributed by atoms with Gasteiger partial charge in [-0.1, -0.05) is 29.8 Å². The zero-order valence-corrected chi connectivity index (χ0v) is 14.5. The van der Waals surface area contributed by atoms with Gasteiger partial charge >= 0.3 is 0 Å². The number of hydrogen-bond acceptors (Lipinski definition) is 6. The lowest BCUT2D eigenvalue weighted by atomic mass is 10.2. The Morgan fingerprint density at radius 3 is 2.40 bits per heavy atom. The average Bonchev–Trinajstić information content (AvgIpc) is 2.64. The molecule has 0 aliphatic rings. The fourth-order valence-corrected chi connectivity index (χ4v) is 2.47. The van der Waals surface area contributed by atoms with Crippen LogP contribution in [0.15, 0.2) is 54.7 Å². The van der Waals surface area contributed by atoms with E-state index in [1.54, 1.807) is 38.6 Å². The molecule has 3 aromatic rings. The zero-order valence-electron chi connectivity index (χ0n) is 13.8. The fraction of sp³-hybridized carbons (Fsp3) is 0.111. The fourth-order valence-electron chi connectivity index (χ4n) is 2.24. The van der Waals surface area contributed by atoms with E-state index < -0.39 is 0 Å². The van der Waals surface area contributed by atoms with E-state index in [0.29, 0.717) is 34.0 Å². The predicted molar refractivity (Wildman–Crippen MR) is 99.6 cm³/mol. The first kappa shape index (κ1) is 16.9. The van der Waals surface area contributed by atoms with Crippen LogP contribution in [0.1, 0.15) is 0 Å². The molecule has 128 valence electrons. The Bertz CT molecular complexity index is 859. The number of hydrogen-bond donors (Lipinski definition) is 2. The summed E-state index contributed by atoms with van der Waals surface area (Å²) in [6.07, 6.45) is 1.67. The molecule has 2 aromatic carbocycles. The number of ether oxygens (including phenoxy) is 2. The van der Waals surface area contributed by atoms with Gasteiger partial charge in [-0.3, -0.25) is 0 Å². The van der Waals surface area contributed by atoms with Gasteiger partial charge < -0.3 is 20.1 Å². The highest BCUT2D eigenvalue weighted by molar-refractivity contribution is 6.32. The zero-order chi connectivity index (χ0) is 17.6. The van der Waals surface area contributed by atoms with Gasteiger partial charge in [0.25, 0.3) is 0 Å². The van der Waals surface area contributed by atoms with Gasteiger partial charge in [-0.05, 0) is 18.2 Å². The van der Waals surface area contributed by atoms with E-state index in [1.165, 1.54) is 0 Å². The third-order valence-corrected chi connectivity index (χ3v) is 3.72. The highest BCUT2D eigenvalue weighted by Gasteiger charge is 2.11. The van der Waals surface area contributed by atoms with Crippen LogP contribution >= 0.6 is 11.6 Å². The molecule has 0 aliphatic carbocycles. The topological polar surface area (TPSA) is 68.3 Å². The van der Waals surface area contributed by atoms with Crippen LogP contribution in [0.5, 0.6) is 11.5 Å². The Kier molecular flexibility index (Phi) is 5.20. The molecular formula is C18H17ClN4O2. The third-order valence-electron chi connectivity index (χ3n) is 3.42. The van der Waals surface area contributed by atoms with Crippen LogP contribution in [0.4, 0.5) is 23.1 Å². The van der Waals surface area contributed by atoms with Gasteiger partial charge in [0.15, 0.2) is 0 Å². The van der Waals surface area contributed by atoms with Crippen molar-refractivity contribution in [3.8, 4) is 11.5 Å². The molecule has 25 heavy (non-hydrogen) atoms. The van der Waals surface area contributed by atoms with Crippen LogP contribution in [-0.4, -0.2) is 24.2 Å². The Morgan fingerprint density at radius 1 is 0.920 bits per heavy atom. The molecule has 3 rings (SSSR count). The monoisotopic (exact) mass is 356 g/mol. The summed E-state index contributed by atoms with van der Waals surface area (Å²) in [6, 6.07) is 14.9. The summed E-state index contributed by atoms with van der Waals surface area (Å²) in [7, 11) is 3.13. The number of nitrogens with zero attached hydrogens (tertiary/aromatic N) is 2. The summed E-state index contributed by atoms with van der Waals surface area (Å²) < 4.78 is 10.6. The summed E-state index contributed by atoms with van der Waals surface area (Å²) in [5.74, 6) is 2.22. The first-order chi connectivity index (χ1) is 12.2. The highest BCUT2D eigenvalue weighted by Crippen LogP contribution is 2.37. The lowest BCUT2D eigenvalue weighted by molar-refractivity contribution is 0.405. The summed E-state index contributed by atoms with van der Waals surface area (Å²) in [4.78, 5) is 8.68. The molecule has 7 heteroatoms. The van der Waals surface area contributed by atoms with Crippen LogP contribution in [-0.2, 0) is 0 Å². The molecule has 0 spiro atoms. The molecule has 0 atom stereocenters. The van der Waals surface area contributed by atoms with Gasteiger partial charge in [-0.2, -0.15) is 4.98 Å². The maximum Gasteiger partial charge on any atom is 0.229 e. The number of halogens is 1. The quantitative estimate of drug-likeness (QED) is 0.671. The van der Waals surface area contributed by atoms with Crippen LogP contribution < -0.4 is 20.1 Å². The van der Waals surface area contributed by atoms with Crippen LogP contribution in [0.3, 0.4) is 0 Å². The number of nitrogens with one attached hydrogen (secondary N) is 2. The molecule has 0 bridgehead atoms. The van der Waals surface area contributed by atoms with Crippen LogP contribution in [0, 0.1) is 0 Å². The lowest BCUT2D eigenvalue weighted by Crippen LogP contribution is -2.01. The van der Waals surface area contributed by atoms with E-state index >= 15 is 0 Å². The second-order valence-electron chi connectivity index (χ2n) is 5.07. The number of aromatic nitrogens is 2. The van der Waals surface area contributed by atoms with Crippen LogP contribution in [0.2, 0.25) is 5.02 Å². The number of methoxy groups -OCH3 is 2. The Hall–Kier alpha value is -2.99. The van der Waals surface area contributed by atoms with E-state index in [1.807, 2.05) is 30.3 Å². The summed E-state index contributed by atoms with van der Waals surface area (Å²) >= 11 is 6.13. The largest absolute Gasteiger partial charge is 0.495 e. The molecule has 0 radical (unpaired) electrons. The highest BCUT2D eigenvalue weighted by atomic mass is 35.5. The molecule has 1 aromatic heterocycles. The molecule has 6 nitrogen and oxygen atoms in total. The maximum atomic E-state index is 6.13. The van der Waals surface area contributed by atoms with Crippen molar-refractivity contribution < 1.29 is 9.47 Å². The Labute approximate surface area is 150 Å². The number of anilines is 4. The van der Waals surface area contributed by atoms with Gasteiger partial charge in [-0.15, -0.1) is 0 Å². The van der Waals surface area contributed by atoms with Crippen LogP contribution in [0.25, 0.3) is 0 Å². The standard InChI is InChI=1S/C18H17ClN4O2/c1-24-15-11-14(16(25-2)10-13(15)19)22-17-8-9-20-18(23-17)21-12-6-4-3-5-7-12/h3-11H,1-2H3,(H2,20,21,22,23). The predicted octanol–water partition coefficient (Wildman–Crippen LogP) is 4.63. The van der Waals surface area contributed by atoms with Crippen molar-refractivity contribution in [1.82, 2.24) is 9.97 Å². The van der Waals surface area contributed by atoms with Gasteiger partial charge in [-0.25, -0.2) is 4.98 Å². The average molecular weight is 357 g/mol. The molecule has 0 amide bonds.